The third-order valence-electron chi connectivity index (χ3n) is 3.31. The van der Waals surface area contributed by atoms with Gasteiger partial charge in [-0.15, -0.1) is 0 Å². The van der Waals surface area contributed by atoms with Crippen LogP contribution in [0, 0.1) is 0 Å². The van der Waals surface area contributed by atoms with E-state index in [1.165, 1.54) is 0 Å². The first-order chi connectivity index (χ1) is 9.75. The third-order valence-corrected chi connectivity index (χ3v) is 3.31. The summed E-state index contributed by atoms with van der Waals surface area (Å²) >= 11 is 0. The highest BCUT2D eigenvalue weighted by molar-refractivity contribution is 5.93. The predicted octanol–water partition coefficient (Wildman–Crippen LogP) is 2.54. The lowest BCUT2D eigenvalue weighted by atomic mass is 10.1. The highest BCUT2D eigenvalue weighted by atomic mass is 16.2. The lowest BCUT2D eigenvalue weighted by molar-refractivity contribution is -0.117. The number of likely N-dealkylation sites (N-methyl/N-ethyl adjacent to an activating group) is 1. The molecule has 4 nitrogen and oxygen atoms in total. The molecule has 2 aromatic heterocycles. The number of hydrogen-bond acceptors (Lipinski definition) is 2. The second-order valence-corrected chi connectivity index (χ2v) is 4.66. The molecule has 0 saturated carbocycles. The van der Waals surface area contributed by atoms with Crippen molar-refractivity contribution in [3.05, 3.63) is 66.5 Å². The summed E-state index contributed by atoms with van der Waals surface area (Å²) in [6.45, 7) is 0. The van der Waals surface area contributed by atoms with E-state index in [9.17, 15) is 4.79 Å². The number of benzene rings is 1. The van der Waals surface area contributed by atoms with Gasteiger partial charge in [0.15, 0.2) is 0 Å². The number of aromatic nitrogens is 2. The molecule has 0 aliphatic heterocycles. The van der Waals surface area contributed by atoms with Gasteiger partial charge >= 0.3 is 0 Å². The smallest absolute Gasteiger partial charge is 0.232 e. The molecule has 20 heavy (non-hydrogen) atoms. The zero-order valence-electron chi connectivity index (χ0n) is 11.2. The van der Waals surface area contributed by atoms with Crippen LogP contribution in [-0.4, -0.2) is 22.3 Å². The van der Waals surface area contributed by atoms with Crippen molar-refractivity contribution in [3.8, 4) is 0 Å². The maximum absolute atomic E-state index is 12.3. The number of hydrogen-bond donors (Lipinski definition) is 0. The first kappa shape index (κ1) is 12.4. The second-order valence-electron chi connectivity index (χ2n) is 4.66. The van der Waals surface area contributed by atoms with Crippen molar-refractivity contribution < 1.29 is 4.79 Å². The van der Waals surface area contributed by atoms with Crippen molar-refractivity contribution in [1.82, 2.24) is 9.38 Å². The van der Waals surface area contributed by atoms with E-state index in [1.54, 1.807) is 18.1 Å². The van der Waals surface area contributed by atoms with E-state index in [1.807, 2.05) is 59.1 Å². The molecule has 0 aliphatic carbocycles. The molecule has 1 amide bonds. The Bertz CT molecular complexity index is 734. The Hall–Kier alpha value is -2.62. The van der Waals surface area contributed by atoms with Crippen molar-refractivity contribution in [3.63, 3.8) is 0 Å². The Kier molecular flexibility index (Phi) is 3.21. The topological polar surface area (TPSA) is 37.6 Å². The van der Waals surface area contributed by atoms with E-state index in [0.717, 1.165) is 17.0 Å². The van der Waals surface area contributed by atoms with Crippen LogP contribution >= 0.6 is 0 Å². The standard InChI is InChI=1S/C16H15N3O/c1-18(16(20)11-13-7-3-2-4-8-13)15-12-17-14-9-5-6-10-19(14)15/h2-10,12H,11H2,1H3. The highest BCUT2D eigenvalue weighted by Crippen LogP contribution is 2.16. The molecule has 0 unspecified atom stereocenters. The van der Waals surface area contributed by atoms with Crippen LogP contribution in [0.2, 0.25) is 0 Å². The Morgan fingerprint density at radius 3 is 2.70 bits per heavy atom. The van der Waals surface area contributed by atoms with Gasteiger partial charge in [-0.2, -0.15) is 0 Å². The summed E-state index contributed by atoms with van der Waals surface area (Å²) in [6.07, 6.45) is 4.01. The lowest BCUT2D eigenvalue weighted by Crippen LogP contribution is -2.28. The van der Waals surface area contributed by atoms with Gasteiger partial charge in [-0.3, -0.25) is 14.1 Å². The summed E-state index contributed by atoms with van der Waals surface area (Å²) < 4.78 is 1.91. The lowest BCUT2D eigenvalue weighted by Gasteiger charge is -2.16. The van der Waals surface area contributed by atoms with Crippen molar-refractivity contribution in [2.75, 3.05) is 11.9 Å². The van der Waals surface area contributed by atoms with E-state index in [-0.39, 0.29) is 5.91 Å². The number of nitrogens with zero attached hydrogens (tertiary/aromatic N) is 3. The van der Waals surface area contributed by atoms with Gasteiger partial charge in [-0.05, 0) is 17.7 Å². The van der Waals surface area contributed by atoms with E-state index in [2.05, 4.69) is 4.98 Å². The van der Waals surface area contributed by atoms with Crippen molar-refractivity contribution >= 4 is 17.4 Å². The number of anilines is 1. The van der Waals surface area contributed by atoms with Crippen LogP contribution in [-0.2, 0) is 11.2 Å². The van der Waals surface area contributed by atoms with Crippen LogP contribution in [0.3, 0.4) is 0 Å². The minimum Gasteiger partial charge on any atom is -0.299 e. The zero-order chi connectivity index (χ0) is 13.9. The second kappa shape index (κ2) is 5.17. The van der Waals surface area contributed by atoms with E-state index in [0.29, 0.717) is 6.42 Å². The molecule has 4 heteroatoms. The molecule has 100 valence electrons. The summed E-state index contributed by atoms with van der Waals surface area (Å²) in [5.41, 5.74) is 1.85. The van der Waals surface area contributed by atoms with Crippen LogP contribution in [0.4, 0.5) is 5.82 Å². The van der Waals surface area contributed by atoms with Gasteiger partial charge in [0.05, 0.1) is 12.6 Å². The van der Waals surface area contributed by atoms with E-state index in [4.69, 9.17) is 0 Å². The van der Waals surface area contributed by atoms with Crippen LogP contribution in [0.15, 0.2) is 60.9 Å². The molecule has 2 heterocycles. The Morgan fingerprint density at radius 1 is 1.15 bits per heavy atom. The molecular weight excluding hydrogens is 250 g/mol. The zero-order valence-corrected chi connectivity index (χ0v) is 11.2. The Morgan fingerprint density at radius 2 is 1.90 bits per heavy atom. The molecular formula is C16H15N3O. The van der Waals surface area contributed by atoms with Crippen molar-refractivity contribution in [2.45, 2.75) is 6.42 Å². The molecule has 0 fully saturated rings. The fourth-order valence-corrected chi connectivity index (χ4v) is 2.18. The fraction of sp³-hybridized carbons (Fsp3) is 0.125. The summed E-state index contributed by atoms with van der Waals surface area (Å²) in [5, 5.41) is 0. The third kappa shape index (κ3) is 2.28. The highest BCUT2D eigenvalue weighted by Gasteiger charge is 2.15. The van der Waals surface area contributed by atoms with Crippen LogP contribution < -0.4 is 4.90 Å². The largest absolute Gasteiger partial charge is 0.299 e. The Balaban J connectivity index is 1.85. The summed E-state index contributed by atoms with van der Waals surface area (Å²) in [5.74, 6) is 0.823. The van der Waals surface area contributed by atoms with Crippen LogP contribution in [0.5, 0.6) is 0 Å². The summed E-state index contributed by atoms with van der Waals surface area (Å²) in [7, 11) is 1.78. The number of imidazole rings is 1. The molecule has 3 rings (SSSR count). The van der Waals surface area contributed by atoms with Crippen molar-refractivity contribution in [1.29, 1.82) is 0 Å². The van der Waals surface area contributed by atoms with Crippen LogP contribution in [0.1, 0.15) is 5.56 Å². The van der Waals surface area contributed by atoms with Gasteiger partial charge in [-0.25, -0.2) is 4.98 Å². The average molecular weight is 265 g/mol. The Labute approximate surface area is 117 Å². The molecule has 0 N–H and O–H groups in total. The average Bonchev–Trinajstić information content (AvgIpc) is 2.91. The maximum atomic E-state index is 12.3. The van der Waals surface area contributed by atoms with Gasteiger partial charge in [0.1, 0.15) is 11.5 Å². The van der Waals surface area contributed by atoms with Crippen LogP contribution in [0.25, 0.3) is 5.65 Å². The molecule has 0 bridgehead atoms. The van der Waals surface area contributed by atoms with Gasteiger partial charge in [0.25, 0.3) is 0 Å². The molecule has 1 aromatic carbocycles. The van der Waals surface area contributed by atoms with E-state index < -0.39 is 0 Å². The maximum Gasteiger partial charge on any atom is 0.232 e. The number of amides is 1. The summed E-state index contributed by atoms with van der Waals surface area (Å²) in [6, 6.07) is 15.5. The van der Waals surface area contributed by atoms with Crippen molar-refractivity contribution in [2.24, 2.45) is 0 Å². The minimum atomic E-state index is 0.0434. The van der Waals surface area contributed by atoms with Gasteiger partial charge in [0, 0.05) is 13.2 Å². The summed E-state index contributed by atoms with van der Waals surface area (Å²) in [4.78, 5) is 18.3. The van der Waals surface area contributed by atoms with E-state index >= 15 is 0 Å². The first-order valence-corrected chi connectivity index (χ1v) is 6.48. The monoisotopic (exact) mass is 265 g/mol. The number of fused-ring (bicyclic) bond motifs is 1. The fourth-order valence-electron chi connectivity index (χ4n) is 2.18. The number of rotatable bonds is 3. The van der Waals surface area contributed by atoms with Gasteiger partial charge in [-0.1, -0.05) is 36.4 Å². The normalized spacial score (nSPS) is 10.7. The first-order valence-electron chi connectivity index (χ1n) is 6.48. The molecule has 3 aromatic rings. The molecule has 0 spiro atoms. The molecule has 0 radical (unpaired) electrons. The van der Waals surface area contributed by atoms with Gasteiger partial charge in [0.2, 0.25) is 5.91 Å². The quantitative estimate of drug-likeness (QED) is 0.730. The molecule has 0 aliphatic rings. The van der Waals surface area contributed by atoms with Gasteiger partial charge < -0.3 is 0 Å². The minimum absolute atomic E-state index is 0.0434. The SMILES string of the molecule is CN(C(=O)Cc1ccccc1)c1cnc2ccccn12. The number of carbonyl (C=O) groups is 1. The molecule has 0 saturated heterocycles. The molecule has 0 atom stereocenters. The number of carbonyl (C=O) groups excluding carboxylic acids is 1. The number of pyridine rings is 1. The predicted molar refractivity (Wildman–Crippen MR) is 78.7 cm³/mol.